The molecule has 0 aliphatic carbocycles. The SMILES string of the molecule is CC(C)CCCCCCCCCCCCCCCCC(=O)O[C@H](COC(=O)CCCCCCCCCCCCCCC(C)C)COP(=O)(O)OC[C@@H](O)COP(=O)(O)OC[C@@H](COC(=O)CCCCCCCCCCCC(C)C)OC(=O)CCCCCCCCCCCCCCC(C)C. The number of phosphoric ester groups is 2. The minimum Gasteiger partial charge on any atom is -0.462 e. The Labute approximate surface area is 607 Å². The Kier molecular flexibility index (Phi) is 67.8. The third kappa shape index (κ3) is 74.1. The van der Waals surface area contributed by atoms with Gasteiger partial charge in [-0.15, -0.1) is 0 Å². The summed E-state index contributed by atoms with van der Waals surface area (Å²) in [4.78, 5) is 73.0. The van der Waals surface area contributed by atoms with Gasteiger partial charge in [-0.2, -0.15) is 0 Å². The fourth-order valence-corrected chi connectivity index (χ4v) is 13.8. The summed E-state index contributed by atoms with van der Waals surface area (Å²) in [6, 6.07) is 0. The molecule has 0 aromatic carbocycles. The van der Waals surface area contributed by atoms with Crippen molar-refractivity contribution in [3.8, 4) is 0 Å². The molecule has 17 nitrogen and oxygen atoms in total. The number of hydrogen-bond donors (Lipinski definition) is 3. The third-order valence-corrected chi connectivity index (χ3v) is 20.5. The molecule has 0 heterocycles. The van der Waals surface area contributed by atoms with Crippen LogP contribution in [0, 0.1) is 23.7 Å². The molecule has 19 heteroatoms. The molecule has 0 aliphatic rings. The maximum absolute atomic E-state index is 13.1. The summed E-state index contributed by atoms with van der Waals surface area (Å²) >= 11 is 0. The van der Waals surface area contributed by atoms with Crippen molar-refractivity contribution in [1.82, 2.24) is 0 Å². The van der Waals surface area contributed by atoms with Crippen LogP contribution in [0.15, 0.2) is 0 Å². The van der Waals surface area contributed by atoms with Crippen LogP contribution in [-0.2, 0) is 65.4 Å². The first kappa shape index (κ1) is 97.1. The zero-order valence-corrected chi connectivity index (χ0v) is 66.9. The maximum Gasteiger partial charge on any atom is 0.472 e. The van der Waals surface area contributed by atoms with Gasteiger partial charge in [0.05, 0.1) is 26.4 Å². The monoisotopic (exact) mass is 1450 g/mol. The number of carbonyl (C=O) groups excluding carboxylic acids is 4. The molecule has 5 atom stereocenters. The average molecular weight is 1450 g/mol. The van der Waals surface area contributed by atoms with Gasteiger partial charge in [0.15, 0.2) is 12.2 Å². The number of hydrogen-bond acceptors (Lipinski definition) is 15. The Morgan fingerprint density at radius 3 is 0.626 bits per heavy atom. The van der Waals surface area contributed by atoms with Crippen LogP contribution in [0.4, 0.5) is 0 Å². The van der Waals surface area contributed by atoms with Gasteiger partial charge in [0.2, 0.25) is 0 Å². The van der Waals surface area contributed by atoms with Crippen molar-refractivity contribution < 1.29 is 80.2 Å². The van der Waals surface area contributed by atoms with Gasteiger partial charge in [-0.25, -0.2) is 9.13 Å². The van der Waals surface area contributed by atoms with Gasteiger partial charge in [-0.1, -0.05) is 357 Å². The Morgan fingerprint density at radius 1 is 0.253 bits per heavy atom. The van der Waals surface area contributed by atoms with E-state index < -0.39 is 97.5 Å². The molecule has 0 saturated heterocycles. The minimum absolute atomic E-state index is 0.106. The molecule has 0 saturated carbocycles. The molecule has 0 fully saturated rings. The maximum atomic E-state index is 13.1. The first-order chi connectivity index (χ1) is 47.6. The Balaban J connectivity index is 5.27. The van der Waals surface area contributed by atoms with E-state index in [-0.39, 0.29) is 25.7 Å². The highest BCUT2D eigenvalue weighted by atomic mass is 31.2. The van der Waals surface area contributed by atoms with Crippen LogP contribution in [0.25, 0.3) is 0 Å². The lowest BCUT2D eigenvalue weighted by Crippen LogP contribution is -2.30. The van der Waals surface area contributed by atoms with Gasteiger partial charge in [0.1, 0.15) is 19.3 Å². The van der Waals surface area contributed by atoms with Gasteiger partial charge in [0, 0.05) is 25.7 Å². The van der Waals surface area contributed by atoms with Crippen molar-refractivity contribution >= 4 is 39.5 Å². The molecule has 0 aromatic rings. The van der Waals surface area contributed by atoms with E-state index in [9.17, 15) is 43.2 Å². The predicted octanol–water partition coefficient (Wildman–Crippen LogP) is 23.6. The molecule has 588 valence electrons. The van der Waals surface area contributed by atoms with E-state index in [1.807, 2.05) is 0 Å². The molecule has 0 spiro atoms. The largest absolute Gasteiger partial charge is 0.472 e. The number of esters is 4. The van der Waals surface area contributed by atoms with Gasteiger partial charge >= 0.3 is 39.5 Å². The first-order valence-electron chi connectivity index (χ1n) is 41.2. The van der Waals surface area contributed by atoms with E-state index in [0.29, 0.717) is 25.7 Å². The lowest BCUT2D eigenvalue weighted by atomic mass is 10.0. The van der Waals surface area contributed by atoms with Gasteiger partial charge in [-0.3, -0.25) is 37.3 Å². The fraction of sp³-hybridized carbons (Fsp3) is 0.950. The second-order valence-corrected chi connectivity index (χ2v) is 33.6. The first-order valence-corrected chi connectivity index (χ1v) is 44.2. The molecule has 0 amide bonds. The highest BCUT2D eigenvalue weighted by molar-refractivity contribution is 7.47. The second-order valence-electron chi connectivity index (χ2n) is 30.7. The topological polar surface area (TPSA) is 237 Å². The van der Waals surface area contributed by atoms with E-state index in [4.69, 9.17) is 37.0 Å². The smallest absolute Gasteiger partial charge is 0.462 e. The average Bonchev–Trinajstić information content (AvgIpc) is 0.951. The highest BCUT2D eigenvalue weighted by Crippen LogP contribution is 2.45. The Morgan fingerprint density at radius 2 is 0.424 bits per heavy atom. The Bertz CT molecular complexity index is 1940. The Hall–Kier alpha value is -1.94. The molecule has 2 unspecified atom stereocenters. The normalized spacial score (nSPS) is 14.1. The van der Waals surface area contributed by atoms with Crippen LogP contribution in [0.1, 0.15) is 409 Å². The second kappa shape index (κ2) is 69.1. The van der Waals surface area contributed by atoms with Crippen molar-refractivity contribution in [2.45, 2.75) is 427 Å². The molecule has 0 bridgehead atoms. The number of aliphatic hydroxyl groups is 1. The summed E-state index contributed by atoms with van der Waals surface area (Å²) in [7, 11) is -9.92. The van der Waals surface area contributed by atoms with Crippen molar-refractivity contribution in [2.75, 3.05) is 39.6 Å². The summed E-state index contributed by atoms with van der Waals surface area (Å²) in [6.07, 6.45) is 55.4. The molecule has 0 aromatic heterocycles. The standard InChI is InChI=1S/C80H156O17P2/c1-70(2)56-48-40-32-24-17-11-9-10-12-21-29-38-46-54-62-79(84)96-75(66-90-77(82)60-52-44-36-28-20-15-13-18-25-33-41-49-57-71(3)4)68-94-98(86,87)92-64-74(81)65-93-99(88,89)95-69-76(67-91-78(83)61-53-45-37-31-23-27-35-43-51-59-73(7)8)97-80(85)63-55-47-39-30-22-16-14-19-26-34-42-50-58-72(5)6/h70-76,81H,9-69H2,1-8H3,(H,86,87)(H,88,89)/t74-,75-,76-/m1/s1. The highest BCUT2D eigenvalue weighted by Gasteiger charge is 2.30. The molecule has 0 rings (SSSR count). The fourth-order valence-electron chi connectivity index (χ4n) is 12.3. The number of rotatable bonds is 77. The molecule has 99 heavy (non-hydrogen) atoms. The van der Waals surface area contributed by atoms with Gasteiger partial charge in [0.25, 0.3) is 0 Å². The number of unbranched alkanes of at least 4 members (excludes halogenated alkanes) is 43. The number of phosphoric acid groups is 2. The zero-order chi connectivity index (χ0) is 73.1. The van der Waals surface area contributed by atoms with Crippen molar-refractivity contribution in [1.29, 1.82) is 0 Å². The molecule has 3 N–H and O–H groups in total. The third-order valence-electron chi connectivity index (χ3n) is 18.6. The van der Waals surface area contributed by atoms with E-state index >= 15 is 0 Å². The predicted molar refractivity (Wildman–Crippen MR) is 404 cm³/mol. The summed E-state index contributed by atoms with van der Waals surface area (Å²) in [6.45, 7) is 14.3. The van der Waals surface area contributed by atoms with Crippen molar-refractivity contribution in [2.24, 2.45) is 23.7 Å². The van der Waals surface area contributed by atoms with E-state index in [1.54, 1.807) is 0 Å². The number of aliphatic hydroxyl groups excluding tert-OH is 1. The molecular weight excluding hydrogens is 1290 g/mol. The van der Waals surface area contributed by atoms with Crippen LogP contribution in [-0.4, -0.2) is 96.7 Å². The minimum atomic E-state index is -4.96. The zero-order valence-electron chi connectivity index (χ0n) is 65.1. The molecule has 0 aliphatic heterocycles. The van der Waals surface area contributed by atoms with Crippen LogP contribution >= 0.6 is 15.6 Å². The van der Waals surface area contributed by atoms with E-state index in [1.165, 1.54) is 212 Å². The van der Waals surface area contributed by atoms with Crippen LogP contribution in [0.5, 0.6) is 0 Å². The molecule has 0 radical (unpaired) electrons. The van der Waals surface area contributed by atoms with Crippen molar-refractivity contribution in [3.05, 3.63) is 0 Å². The van der Waals surface area contributed by atoms with Gasteiger partial charge < -0.3 is 33.8 Å². The summed E-state index contributed by atoms with van der Waals surface area (Å²) < 4.78 is 68.7. The molecular formula is C80H156O17P2. The summed E-state index contributed by atoms with van der Waals surface area (Å²) in [5.74, 6) is 0.983. The summed E-state index contributed by atoms with van der Waals surface area (Å²) in [5, 5.41) is 10.6. The number of carbonyl (C=O) groups is 4. The quantitative estimate of drug-likeness (QED) is 0.0222. The van der Waals surface area contributed by atoms with E-state index in [2.05, 4.69) is 55.4 Å². The van der Waals surface area contributed by atoms with Crippen LogP contribution < -0.4 is 0 Å². The van der Waals surface area contributed by atoms with Gasteiger partial charge in [-0.05, 0) is 49.4 Å². The lowest BCUT2D eigenvalue weighted by Gasteiger charge is -2.21. The lowest BCUT2D eigenvalue weighted by molar-refractivity contribution is -0.161. The summed E-state index contributed by atoms with van der Waals surface area (Å²) in [5.41, 5.74) is 0. The van der Waals surface area contributed by atoms with Crippen LogP contribution in [0.2, 0.25) is 0 Å². The van der Waals surface area contributed by atoms with Crippen LogP contribution in [0.3, 0.4) is 0 Å². The number of ether oxygens (including phenoxy) is 4. The van der Waals surface area contributed by atoms with E-state index in [0.717, 1.165) is 114 Å². The van der Waals surface area contributed by atoms with Crippen molar-refractivity contribution in [3.63, 3.8) is 0 Å².